The SMILES string of the molecule is C=CCNC(=O)CNC1CCC(C)C1. The summed E-state index contributed by atoms with van der Waals surface area (Å²) in [5.41, 5.74) is 0. The monoisotopic (exact) mass is 196 g/mol. The van der Waals surface area contributed by atoms with E-state index >= 15 is 0 Å². The lowest BCUT2D eigenvalue weighted by Gasteiger charge is -2.11. The zero-order valence-corrected chi connectivity index (χ0v) is 8.88. The van der Waals surface area contributed by atoms with Crippen LogP contribution in [0.3, 0.4) is 0 Å². The van der Waals surface area contributed by atoms with Crippen molar-refractivity contribution in [3.63, 3.8) is 0 Å². The molecule has 0 heterocycles. The molecule has 0 bridgehead atoms. The van der Waals surface area contributed by atoms with Crippen molar-refractivity contribution in [2.24, 2.45) is 5.92 Å². The van der Waals surface area contributed by atoms with Gasteiger partial charge in [0.1, 0.15) is 0 Å². The van der Waals surface area contributed by atoms with Crippen LogP contribution in [-0.4, -0.2) is 25.0 Å². The lowest BCUT2D eigenvalue weighted by atomic mass is 10.1. The molecule has 0 aromatic heterocycles. The molecule has 0 aliphatic heterocycles. The van der Waals surface area contributed by atoms with Gasteiger partial charge in [0.2, 0.25) is 5.91 Å². The summed E-state index contributed by atoms with van der Waals surface area (Å²) in [6.07, 6.45) is 5.38. The van der Waals surface area contributed by atoms with Crippen molar-refractivity contribution >= 4 is 5.91 Å². The summed E-state index contributed by atoms with van der Waals surface area (Å²) in [6, 6.07) is 0.541. The molecule has 0 radical (unpaired) electrons. The lowest BCUT2D eigenvalue weighted by molar-refractivity contribution is -0.120. The topological polar surface area (TPSA) is 41.1 Å². The zero-order valence-electron chi connectivity index (χ0n) is 8.88. The minimum absolute atomic E-state index is 0.0597. The van der Waals surface area contributed by atoms with Crippen LogP contribution in [0.2, 0.25) is 0 Å². The van der Waals surface area contributed by atoms with Crippen LogP contribution in [0, 0.1) is 5.92 Å². The summed E-state index contributed by atoms with van der Waals surface area (Å²) >= 11 is 0. The van der Waals surface area contributed by atoms with Crippen molar-refractivity contribution in [1.82, 2.24) is 10.6 Å². The number of amides is 1. The molecule has 0 aromatic rings. The molecule has 2 unspecified atom stereocenters. The van der Waals surface area contributed by atoms with Gasteiger partial charge in [0.25, 0.3) is 0 Å². The van der Waals surface area contributed by atoms with Crippen molar-refractivity contribution in [2.75, 3.05) is 13.1 Å². The second-order valence-corrected chi connectivity index (χ2v) is 4.09. The molecule has 14 heavy (non-hydrogen) atoms. The first-order valence-electron chi connectivity index (χ1n) is 5.33. The molecule has 0 spiro atoms. The van der Waals surface area contributed by atoms with Crippen molar-refractivity contribution in [3.05, 3.63) is 12.7 Å². The number of hydrogen-bond donors (Lipinski definition) is 2. The summed E-state index contributed by atoms with van der Waals surface area (Å²) in [4.78, 5) is 11.2. The first-order chi connectivity index (χ1) is 6.72. The zero-order chi connectivity index (χ0) is 10.4. The Balaban J connectivity index is 2.08. The van der Waals surface area contributed by atoms with Gasteiger partial charge < -0.3 is 10.6 Å². The van der Waals surface area contributed by atoms with Gasteiger partial charge in [-0.2, -0.15) is 0 Å². The minimum atomic E-state index is 0.0597. The fraction of sp³-hybridized carbons (Fsp3) is 0.727. The van der Waals surface area contributed by atoms with E-state index in [9.17, 15) is 4.79 Å². The summed E-state index contributed by atoms with van der Waals surface area (Å²) in [6.45, 7) is 6.80. The Hall–Kier alpha value is -0.830. The molecule has 0 saturated heterocycles. The number of hydrogen-bond acceptors (Lipinski definition) is 2. The van der Waals surface area contributed by atoms with Crippen LogP contribution in [0.1, 0.15) is 26.2 Å². The Morgan fingerprint density at radius 2 is 2.36 bits per heavy atom. The molecule has 1 amide bonds. The first kappa shape index (κ1) is 11.2. The second-order valence-electron chi connectivity index (χ2n) is 4.09. The maximum atomic E-state index is 11.2. The van der Waals surface area contributed by atoms with E-state index in [0.717, 1.165) is 5.92 Å². The molecule has 1 aliphatic rings. The van der Waals surface area contributed by atoms with Crippen LogP contribution in [0.5, 0.6) is 0 Å². The van der Waals surface area contributed by atoms with E-state index in [1.165, 1.54) is 19.3 Å². The number of carbonyl (C=O) groups excluding carboxylic acids is 1. The van der Waals surface area contributed by atoms with Crippen LogP contribution in [0.15, 0.2) is 12.7 Å². The minimum Gasteiger partial charge on any atom is -0.352 e. The fourth-order valence-electron chi connectivity index (χ4n) is 1.88. The standard InChI is InChI=1S/C11H20N2O/c1-3-6-12-11(14)8-13-10-5-4-9(2)7-10/h3,9-10,13H,1,4-8H2,2H3,(H,12,14). The Morgan fingerprint density at radius 3 is 2.93 bits per heavy atom. The van der Waals surface area contributed by atoms with Gasteiger partial charge in [-0.25, -0.2) is 0 Å². The summed E-state index contributed by atoms with van der Waals surface area (Å²) < 4.78 is 0. The molecule has 1 saturated carbocycles. The van der Waals surface area contributed by atoms with Crippen LogP contribution in [0.4, 0.5) is 0 Å². The van der Waals surface area contributed by atoms with Gasteiger partial charge >= 0.3 is 0 Å². The predicted molar refractivity (Wildman–Crippen MR) is 58.0 cm³/mol. The van der Waals surface area contributed by atoms with Crippen molar-refractivity contribution in [3.8, 4) is 0 Å². The van der Waals surface area contributed by atoms with Crippen molar-refractivity contribution < 1.29 is 4.79 Å². The summed E-state index contributed by atoms with van der Waals surface area (Å²) in [7, 11) is 0. The maximum Gasteiger partial charge on any atom is 0.234 e. The van der Waals surface area contributed by atoms with E-state index in [1.54, 1.807) is 6.08 Å². The molecule has 2 atom stereocenters. The highest BCUT2D eigenvalue weighted by molar-refractivity contribution is 5.78. The average molecular weight is 196 g/mol. The molecule has 2 N–H and O–H groups in total. The van der Waals surface area contributed by atoms with E-state index in [4.69, 9.17) is 0 Å². The van der Waals surface area contributed by atoms with Gasteiger partial charge in [0.05, 0.1) is 6.54 Å². The van der Waals surface area contributed by atoms with Crippen molar-refractivity contribution in [1.29, 1.82) is 0 Å². The normalized spacial score (nSPS) is 26.1. The van der Waals surface area contributed by atoms with Gasteiger partial charge in [0, 0.05) is 12.6 Å². The highest BCUT2D eigenvalue weighted by Crippen LogP contribution is 2.24. The van der Waals surface area contributed by atoms with Gasteiger partial charge in [-0.1, -0.05) is 13.0 Å². The van der Waals surface area contributed by atoms with Crippen LogP contribution >= 0.6 is 0 Å². The Bertz CT molecular complexity index is 203. The molecule has 3 heteroatoms. The van der Waals surface area contributed by atoms with E-state index in [1.807, 2.05) is 0 Å². The van der Waals surface area contributed by atoms with Crippen LogP contribution < -0.4 is 10.6 Å². The smallest absolute Gasteiger partial charge is 0.234 e. The summed E-state index contributed by atoms with van der Waals surface area (Å²) in [5, 5.41) is 6.02. The second kappa shape index (κ2) is 5.81. The number of carbonyl (C=O) groups is 1. The Kier molecular flexibility index (Phi) is 4.66. The maximum absolute atomic E-state index is 11.2. The average Bonchev–Trinajstić information content (AvgIpc) is 2.58. The van der Waals surface area contributed by atoms with Gasteiger partial charge in [-0.3, -0.25) is 4.79 Å². The number of rotatable bonds is 5. The largest absolute Gasteiger partial charge is 0.352 e. The van der Waals surface area contributed by atoms with Crippen LogP contribution in [-0.2, 0) is 4.79 Å². The molecule has 80 valence electrons. The van der Waals surface area contributed by atoms with Gasteiger partial charge in [0.15, 0.2) is 0 Å². The molecule has 1 aliphatic carbocycles. The van der Waals surface area contributed by atoms with Crippen molar-refractivity contribution in [2.45, 2.75) is 32.2 Å². The van der Waals surface area contributed by atoms with E-state index in [0.29, 0.717) is 19.1 Å². The van der Waals surface area contributed by atoms with E-state index in [2.05, 4.69) is 24.1 Å². The lowest BCUT2D eigenvalue weighted by Crippen LogP contribution is -2.38. The molecule has 0 aromatic carbocycles. The number of nitrogens with one attached hydrogen (secondary N) is 2. The van der Waals surface area contributed by atoms with E-state index in [-0.39, 0.29) is 5.91 Å². The molecule has 1 rings (SSSR count). The first-order valence-corrected chi connectivity index (χ1v) is 5.33. The van der Waals surface area contributed by atoms with Gasteiger partial charge in [-0.05, 0) is 25.2 Å². The van der Waals surface area contributed by atoms with Gasteiger partial charge in [-0.15, -0.1) is 6.58 Å². The highest BCUT2D eigenvalue weighted by atomic mass is 16.1. The fourth-order valence-corrected chi connectivity index (χ4v) is 1.88. The Labute approximate surface area is 86.0 Å². The van der Waals surface area contributed by atoms with Crippen LogP contribution in [0.25, 0.3) is 0 Å². The molecular formula is C11H20N2O. The Morgan fingerprint density at radius 1 is 1.57 bits per heavy atom. The molecule has 1 fully saturated rings. The summed E-state index contributed by atoms with van der Waals surface area (Å²) in [5.74, 6) is 0.869. The third-order valence-electron chi connectivity index (χ3n) is 2.69. The quantitative estimate of drug-likeness (QED) is 0.646. The molecular weight excluding hydrogens is 176 g/mol. The molecule has 3 nitrogen and oxygen atoms in total. The van der Waals surface area contributed by atoms with E-state index < -0.39 is 0 Å². The predicted octanol–water partition coefficient (Wildman–Crippen LogP) is 1.07. The third kappa shape index (κ3) is 3.92. The highest BCUT2D eigenvalue weighted by Gasteiger charge is 2.20. The third-order valence-corrected chi connectivity index (χ3v) is 2.69.